The Labute approximate surface area is 84.2 Å². The van der Waals surface area contributed by atoms with Crippen molar-refractivity contribution in [3.05, 3.63) is 33.7 Å². The maximum Gasteiger partial charge on any atom is 0.226 e. The predicted octanol–water partition coefficient (Wildman–Crippen LogP) is 0.282. The number of nitrogens with zero attached hydrogens (tertiary/aromatic N) is 1. The van der Waals surface area contributed by atoms with Crippen LogP contribution in [0.3, 0.4) is 0 Å². The molecule has 1 rings (SSSR count). The molecular formula is C8H10BrNO3. The van der Waals surface area contributed by atoms with Crippen LogP contribution in [-0.4, -0.2) is 16.8 Å². The fourth-order valence-corrected chi connectivity index (χ4v) is 1.27. The van der Waals surface area contributed by atoms with Gasteiger partial charge in [0.1, 0.15) is 0 Å². The summed E-state index contributed by atoms with van der Waals surface area (Å²) in [7, 11) is 0. The summed E-state index contributed by atoms with van der Waals surface area (Å²) in [5.41, 5.74) is -1.37. The van der Waals surface area contributed by atoms with Crippen molar-refractivity contribution in [3.63, 3.8) is 0 Å². The van der Waals surface area contributed by atoms with Crippen LogP contribution in [-0.2, 0) is 5.60 Å². The molecule has 0 fully saturated rings. The number of rotatable bonds is 2. The number of aliphatic hydroxyl groups excluding tert-OH is 1. The molecule has 5 heteroatoms. The Morgan fingerprint density at radius 2 is 2.23 bits per heavy atom. The first-order chi connectivity index (χ1) is 5.97. The van der Waals surface area contributed by atoms with Gasteiger partial charge in [-0.15, -0.1) is 0 Å². The van der Waals surface area contributed by atoms with Gasteiger partial charge >= 0.3 is 0 Å². The minimum atomic E-state index is -1.50. The molecule has 1 aromatic heterocycles. The Balaban J connectivity index is 3.16. The lowest BCUT2D eigenvalue weighted by molar-refractivity contribution is -0.623. The molecule has 0 saturated heterocycles. The van der Waals surface area contributed by atoms with Crippen molar-refractivity contribution in [2.24, 2.45) is 0 Å². The molecule has 2 N–H and O–H groups in total. The zero-order chi connectivity index (χ0) is 10.1. The molecule has 72 valence electrons. The largest absolute Gasteiger partial charge is 0.618 e. The van der Waals surface area contributed by atoms with E-state index in [4.69, 9.17) is 5.11 Å². The molecular weight excluding hydrogens is 238 g/mol. The van der Waals surface area contributed by atoms with Crippen LogP contribution in [0.1, 0.15) is 12.6 Å². The maximum absolute atomic E-state index is 11.3. The molecule has 0 radical (unpaired) electrons. The molecule has 0 amide bonds. The van der Waals surface area contributed by atoms with Gasteiger partial charge in [-0.25, -0.2) is 0 Å². The first-order valence-corrected chi connectivity index (χ1v) is 4.49. The van der Waals surface area contributed by atoms with E-state index >= 15 is 0 Å². The number of aliphatic hydroxyl groups is 2. The van der Waals surface area contributed by atoms with Crippen molar-refractivity contribution in [3.8, 4) is 0 Å². The third-order valence-corrected chi connectivity index (χ3v) is 2.21. The molecule has 0 aromatic carbocycles. The van der Waals surface area contributed by atoms with Crippen molar-refractivity contribution in [1.82, 2.24) is 0 Å². The van der Waals surface area contributed by atoms with E-state index in [1.54, 1.807) is 6.07 Å². The fraction of sp³-hybridized carbons (Fsp3) is 0.375. The van der Waals surface area contributed by atoms with E-state index in [-0.39, 0.29) is 5.69 Å². The topological polar surface area (TPSA) is 67.4 Å². The highest BCUT2D eigenvalue weighted by atomic mass is 79.9. The second-order valence-electron chi connectivity index (χ2n) is 2.99. The highest BCUT2D eigenvalue weighted by Crippen LogP contribution is 2.17. The van der Waals surface area contributed by atoms with Crippen LogP contribution in [0.25, 0.3) is 0 Å². The Kier molecular flexibility index (Phi) is 2.90. The van der Waals surface area contributed by atoms with Crippen LogP contribution >= 0.6 is 15.9 Å². The van der Waals surface area contributed by atoms with Gasteiger partial charge in [-0.05, 0) is 28.9 Å². The van der Waals surface area contributed by atoms with Crippen molar-refractivity contribution in [1.29, 1.82) is 0 Å². The summed E-state index contributed by atoms with van der Waals surface area (Å²) >= 11 is 3.12. The Hall–Kier alpha value is -0.650. The molecule has 0 saturated carbocycles. The highest BCUT2D eigenvalue weighted by Gasteiger charge is 2.30. The zero-order valence-corrected chi connectivity index (χ0v) is 8.65. The molecule has 1 heterocycles. The average molecular weight is 248 g/mol. The molecule has 0 aliphatic heterocycles. The second kappa shape index (κ2) is 3.61. The smallest absolute Gasteiger partial charge is 0.226 e. The van der Waals surface area contributed by atoms with Gasteiger partial charge in [-0.1, -0.05) is 0 Å². The van der Waals surface area contributed by atoms with Gasteiger partial charge in [-0.3, -0.25) is 0 Å². The van der Waals surface area contributed by atoms with Crippen molar-refractivity contribution in [2.75, 3.05) is 6.61 Å². The summed E-state index contributed by atoms with van der Waals surface area (Å²) < 4.78 is 1.15. The van der Waals surface area contributed by atoms with E-state index in [1.165, 1.54) is 19.2 Å². The van der Waals surface area contributed by atoms with Crippen molar-refractivity contribution in [2.45, 2.75) is 12.5 Å². The minimum Gasteiger partial charge on any atom is -0.618 e. The number of pyridine rings is 1. The standard InChI is InChI=1S/C8H10BrNO3/c1-8(12,5-11)7-3-2-6(9)4-10(7)13/h2-4,11-12H,5H2,1H3. The van der Waals surface area contributed by atoms with E-state index in [0.29, 0.717) is 9.20 Å². The van der Waals surface area contributed by atoms with Crippen LogP contribution in [0.4, 0.5) is 0 Å². The van der Waals surface area contributed by atoms with Gasteiger partial charge in [0.2, 0.25) is 5.69 Å². The van der Waals surface area contributed by atoms with Gasteiger partial charge in [-0.2, -0.15) is 4.73 Å². The maximum atomic E-state index is 11.3. The van der Waals surface area contributed by atoms with E-state index in [0.717, 1.165) is 0 Å². The number of hydrogen-bond donors (Lipinski definition) is 2. The lowest BCUT2D eigenvalue weighted by Crippen LogP contribution is -2.42. The lowest BCUT2D eigenvalue weighted by Gasteiger charge is -2.18. The normalized spacial score (nSPS) is 15.4. The summed E-state index contributed by atoms with van der Waals surface area (Å²) in [5.74, 6) is 0. The highest BCUT2D eigenvalue weighted by molar-refractivity contribution is 9.10. The van der Waals surface area contributed by atoms with Crippen LogP contribution < -0.4 is 4.73 Å². The Morgan fingerprint density at radius 1 is 1.62 bits per heavy atom. The molecule has 4 nitrogen and oxygen atoms in total. The molecule has 1 aromatic rings. The first kappa shape index (κ1) is 10.4. The number of halogens is 1. The third-order valence-electron chi connectivity index (χ3n) is 1.74. The quantitative estimate of drug-likeness (QED) is 0.583. The number of hydrogen-bond acceptors (Lipinski definition) is 3. The predicted molar refractivity (Wildman–Crippen MR) is 49.8 cm³/mol. The van der Waals surface area contributed by atoms with Crippen molar-refractivity contribution >= 4 is 15.9 Å². The van der Waals surface area contributed by atoms with E-state index in [9.17, 15) is 10.3 Å². The Bertz CT molecular complexity index is 314. The molecule has 0 bridgehead atoms. The molecule has 0 spiro atoms. The van der Waals surface area contributed by atoms with Gasteiger partial charge in [0.15, 0.2) is 11.8 Å². The fourth-order valence-electron chi connectivity index (χ4n) is 0.955. The summed E-state index contributed by atoms with van der Waals surface area (Å²) in [6.45, 7) is 0.890. The second-order valence-corrected chi connectivity index (χ2v) is 3.91. The number of aromatic nitrogens is 1. The molecule has 1 atom stereocenters. The minimum absolute atomic E-state index is 0.123. The molecule has 0 aliphatic rings. The Morgan fingerprint density at radius 3 is 2.69 bits per heavy atom. The van der Waals surface area contributed by atoms with Crippen LogP contribution in [0.2, 0.25) is 0 Å². The van der Waals surface area contributed by atoms with Gasteiger partial charge in [0.25, 0.3) is 0 Å². The summed E-state index contributed by atoms with van der Waals surface area (Å²) in [6.07, 6.45) is 1.28. The summed E-state index contributed by atoms with van der Waals surface area (Å²) in [4.78, 5) is 0. The van der Waals surface area contributed by atoms with Gasteiger partial charge in [0, 0.05) is 6.07 Å². The average Bonchev–Trinajstić information content (AvgIpc) is 2.03. The van der Waals surface area contributed by atoms with Crippen LogP contribution in [0.5, 0.6) is 0 Å². The SMILES string of the molecule is CC(O)(CO)c1ccc(Br)c[n+]1[O-]. The zero-order valence-electron chi connectivity index (χ0n) is 7.07. The van der Waals surface area contributed by atoms with E-state index in [1.807, 2.05) is 0 Å². The first-order valence-electron chi connectivity index (χ1n) is 3.70. The summed E-state index contributed by atoms with van der Waals surface area (Å²) in [5, 5.41) is 29.7. The van der Waals surface area contributed by atoms with Gasteiger partial charge < -0.3 is 15.4 Å². The van der Waals surface area contributed by atoms with E-state index < -0.39 is 12.2 Å². The molecule has 13 heavy (non-hydrogen) atoms. The van der Waals surface area contributed by atoms with E-state index in [2.05, 4.69) is 15.9 Å². The molecule has 0 aliphatic carbocycles. The monoisotopic (exact) mass is 247 g/mol. The third kappa shape index (κ3) is 2.18. The lowest BCUT2D eigenvalue weighted by atomic mass is 10.0. The van der Waals surface area contributed by atoms with Crippen molar-refractivity contribution < 1.29 is 14.9 Å². The molecule has 1 unspecified atom stereocenters. The van der Waals surface area contributed by atoms with Crippen LogP contribution in [0.15, 0.2) is 22.8 Å². The van der Waals surface area contributed by atoms with Gasteiger partial charge in [0.05, 0.1) is 11.1 Å². The van der Waals surface area contributed by atoms with Crippen LogP contribution in [0, 0.1) is 5.21 Å². The summed E-state index contributed by atoms with van der Waals surface area (Å²) in [6, 6.07) is 3.10.